The van der Waals surface area contributed by atoms with Crippen LogP contribution in [-0.2, 0) is 65.8 Å². The van der Waals surface area contributed by atoms with E-state index in [1.54, 1.807) is 114 Å². The van der Waals surface area contributed by atoms with Gasteiger partial charge in [-0.3, -0.25) is 48.7 Å². The van der Waals surface area contributed by atoms with E-state index in [0.717, 1.165) is 0 Å². The maximum Gasteiger partial charge on any atom is 0.408 e. The van der Waals surface area contributed by atoms with Crippen LogP contribution in [0.3, 0.4) is 0 Å². The molecule has 0 fully saturated rings. The number of alkyl carbamates (subject to hydrolysis) is 1. The highest BCUT2D eigenvalue weighted by molar-refractivity contribution is 5.98. The first-order chi connectivity index (χ1) is 41.7. The number of guanidine groups is 1. The fraction of sp³-hybridized carbons (Fsp3) is 0.517. The van der Waals surface area contributed by atoms with Crippen LogP contribution in [0.4, 0.5) is 4.79 Å². The normalized spacial score (nSPS) is 15.2. The van der Waals surface area contributed by atoms with Crippen LogP contribution in [0, 0.1) is 23.2 Å². The van der Waals surface area contributed by atoms with E-state index in [2.05, 4.69) is 63.0 Å². The molecule has 0 radical (unpaired) electrons. The number of pyridine rings is 1. The maximum absolute atomic E-state index is 14.5. The summed E-state index contributed by atoms with van der Waals surface area (Å²) in [6, 6.07) is 6.58. The third kappa shape index (κ3) is 25.2. The van der Waals surface area contributed by atoms with Crippen LogP contribution >= 0.6 is 0 Å². The van der Waals surface area contributed by atoms with E-state index in [9.17, 15) is 63.3 Å². The molecule has 1 heterocycles. The third-order valence-electron chi connectivity index (χ3n) is 13.8. The van der Waals surface area contributed by atoms with Gasteiger partial charge in [0.15, 0.2) is 12.0 Å². The number of rotatable bonds is 37. The van der Waals surface area contributed by atoms with Crippen LogP contribution in [0.1, 0.15) is 96.9 Å². The summed E-state index contributed by atoms with van der Waals surface area (Å²) in [5.74, 6) is -6.22. The minimum atomic E-state index is -1.76. The topological polar surface area (TPSA) is 485 Å². The Labute approximate surface area is 510 Å². The molecular weight excluding hydrogens is 1150 g/mol. The van der Waals surface area contributed by atoms with E-state index in [1.165, 1.54) is 19.3 Å². The van der Waals surface area contributed by atoms with Gasteiger partial charge in [-0.05, 0) is 66.7 Å². The molecule has 20 N–H and O–H groups in total. The minimum Gasteiger partial charge on any atom is -0.480 e. The summed E-state index contributed by atoms with van der Waals surface area (Å²) < 4.78 is 5.39. The van der Waals surface area contributed by atoms with Crippen molar-refractivity contribution in [1.29, 1.82) is 5.41 Å². The van der Waals surface area contributed by atoms with Crippen LogP contribution in [-0.4, -0.2) is 166 Å². The second kappa shape index (κ2) is 37.7. The number of nitrogens with zero attached hydrogens (tertiary/aromatic N) is 1. The SMILES string of the molecule is CC[C@H](C)[C@H](NC(=O)[C@@H](CCCNC(=N)N)NC(=O)[C@H](CC(C)C)NC(=O)[C@@H](NC(=O)[C@@H](NC(=O)OCc1ccccc1)[C@H](N)c1ccccc1)[C@H](O)C(C)C)C(=O)N[C@H](C(=O)NCC(=O)N[C@@H](Cc1cccnc1)C(=O)N[C@@H](CON)C(=O)O)[C@H](C)O. The Hall–Kier alpha value is -8.84. The van der Waals surface area contributed by atoms with Crippen molar-refractivity contribution in [2.24, 2.45) is 35.1 Å². The average Bonchev–Trinajstić information content (AvgIpc) is 2.42. The Balaban J connectivity index is 1.87. The Kier molecular flexibility index (Phi) is 31.4. The number of benzene rings is 2. The second-order valence-electron chi connectivity index (χ2n) is 21.8. The first-order valence-corrected chi connectivity index (χ1v) is 28.7. The van der Waals surface area contributed by atoms with Gasteiger partial charge in [0.1, 0.15) is 48.9 Å². The van der Waals surface area contributed by atoms with Crippen LogP contribution in [0.2, 0.25) is 0 Å². The fourth-order valence-corrected chi connectivity index (χ4v) is 8.68. The monoisotopic (exact) mass is 1230 g/mol. The molecule has 0 aliphatic carbocycles. The van der Waals surface area contributed by atoms with Crippen molar-refractivity contribution in [1.82, 2.24) is 58.2 Å². The number of carbonyl (C=O) groups is 10. The van der Waals surface area contributed by atoms with Crippen molar-refractivity contribution in [3.05, 3.63) is 102 Å². The molecule has 3 aromatic rings. The number of carboxylic acids is 1. The van der Waals surface area contributed by atoms with Gasteiger partial charge in [0, 0.05) is 25.4 Å². The lowest BCUT2D eigenvalue weighted by molar-refractivity contribution is -0.144. The lowest BCUT2D eigenvalue weighted by Gasteiger charge is -2.32. The van der Waals surface area contributed by atoms with Gasteiger partial charge in [0.05, 0.1) is 31.4 Å². The Morgan fingerprint density at radius 2 is 1.18 bits per heavy atom. The smallest absolute Gasteiger partial charge is 0.408 e. The summed E-state index contributed by atoms with van der Waals surface area (Å²) in [4.78, 5) is 145. The van der Waals surface area contributed by atoms with E-state index in [0.29, 0.717) is 16.7 Å². The number of nitrogens with one attached hydrogen (secondary N) is 11. The van der Waals surface area contributed by atoms with Crippen molar-refractivity contribution < 1.29 is 72.8 Å². The molecule has 30 heteroatoms. The quantitative estimate of drug-likeness (QED) is 0.0127. The number of hydrogen-bond donors (Lipinski definition) is 17. The Bertz CT molecular complexity index is 2770. The number of carboxylic acid groups (broad SMARTS) is 1. The fourth-order valence-electron chi connectivity index (χ4n) is 8.68. The molecule has 0 saturated heterocycles. The van der Waals surface area contributed by atoms with Gasteiger partial charge in [-0.15, -0.1) is 0 Å². The lowest BCUT2D eigenvalue weighted by Crippen LogP contribution is -2.63. The largest absolute Gasteiger partial charge is 0.480 e. The highest BCUT2D eigenvalue weighted by atomic mass is 16.6. The van der Waals surface area contributed by atoms with E-state index in [1.807, 2.05) is 0 Å². The molecule has 0 unspecified atom stereocenters. The zero-order valence-electron chi connectivity index (χ0n) is 50.4. The molecule has 9 amide bonds. The summed E-state index contributed by atoms with van der Waals surface area (Å²) in [5.41, 5.74) is 13.6. The van der Waals surface area contributed by atoms with E-state index in [-0.39, 0.29) is 57.1 Å². The molecule has 0 aliphatic heterocycles. The van der Waals surface area contributed by atoms with E-state index in [4.69, 9.17) is 27.5 Å². The Morgan fingerprint density at radius 3 is 1.75 bits per heavy atom. The van der Waals surface area contributed by atoms with Gasteiger partial charge >= 0.3 is 12.1 Å². The molecule has 2 aromatic carbocycles. The summed E-state index contributed by atoms with van der Waals surface area (Å²) in [5, 5.41) is 64.4. The molecule has 30 nitrogen and oxygen atoms in total. The van der Waals surface area contributed by atoms with E-state index >= 15 is 0 Å². The number of aliphatic hydroxyl groups is 2. The zero-order chi connectivity index (χ0) is 65.6. The number of aromatic nitrogens is 1. The number of ether oxygens (including phenoxy) is 1. The average molecular weight is 1230 g/mol. The molecule has 0 spiro atoms. The molecule has 0 aliphatic rings. The van der Waals surface area contributed by atoms with Crippen LogP contribution in [0.5, 0.6) is 0 Å². The molecule has 1 aromatic heterocycles. The third-order valence-corrected chi connectivity index (χ3v) is 13.8. The number of carbonyl (C=O) groups excluding carboxylic acids is 9. The van der Waals surface area contributed by atoms with Gasteiger partial charge in [-0.1, -0.05) is 115 Å². The minimum absolute atomic E-state index is 0.0471. The van der Waals surface area contributed by atoms with Gasteiger partial charge in [0.2, 0.25) is 47.3 Å². The summed E-state index contributed by atoms with van der Waals surface area (Å²) in [6.45, 7) is 9.62. The number of nitrogens with two attached hydrogens (primary N) is 3. The molecule has 12 atom stereocenters. The predicted molar refractivity (Wildman–Crippen MR) is 320 cm³/mol. The van der Waals surface area contributed by atoms with Crippen molar-refractivity contribution in [3.63, 3.8) is 0 Å². The van der Waals surface area contributed by atoms with Crippen molar-refractivity contribution >= 4 is 65.3 Å². The highest BCUT2D eigenvalue weighted by Gasteiger charge is 2.39. The van der Waals surface area contributed by atoms with Gasteiger partial charge < -0.3 is 89.5 Å². The number of amides is 9. The Morgan fingerprint density at radius 1 is 0.625 bits per heavy atom. The van der Waals surface area contributed by atoms with Crippen LogP contribution in [0.15, 0.2) is 85.2 Å². The molecule has 0 bridgehead atoms. The number of hydrogen-bond acceptors (Lipinski definition) is 18. The van der Waals surface area contributed by atoms with Gasteiger partial charge in [-0.2, -0.15) is 0 Å². The standard InChI is InChI=1S/C58H87N15O15/c1-8-33(6)44(53(81)71-45(34(7)74)52(80)65-28-42(75)66-40(26-36-19-15-23-63-27-36)51(79)69-41(30-88-62)56(84)85)70-49(77)38(22-16-24-64-57(60)61)67-50(78)39(25-31(2)3)68-55(83)47(48(76)32(4)5)72-54(82)46(43(59)37-20-13-10-14-21-37)73-58(86)87-29-35-17-11-9-12-18-35/h9-15,17-21,23,27,31-34,38-41,43-48,74,76H,8,16,22,24-26,28-30,59,62H2,1-7H3,(H,65,80)(H,66,75)(H,67,78)(H,68,83)(H,69,79)(H,70,77)(H,71,81)(H,72,82)(H,73,86)(H,84,85)(H4,60,61,64)/t33-,34-,38+,39-,40-,41-,43+,44-,45-,46-,47-,48+/m0/s1. The van der Waals surface area contributed by atoms with Crippen LogP contribution < -0.4 is 70.5 Å². The zero-order valence-corrected chi connectivity index (χ0v) is 50.4. The van der Waals surface area contributed by atoms with E-state index < -0.39 is 151 Å². The number of aliphatic hydroxyl groups excluding tert-OH is 2. The molecule has 3 rings (SSSR count). The van der Waals surface area contributed by atoms with Crippen molar-refractivity contribution in [3.8, 4) is 0 Å². The molecule has 484 valence electrons. The second-order valence-corrected chi connectivity index (χ2v) is 21.8. The molecule has 88 heavy (non-hydrogen) atoms. The molecule has 0 saturated carbocycles. The van der Waals surface area contributed by atoms with Gasteiger partial charge in [0.25, 0.3) is 0 Å². The summed E-state index contributed by atoms with van der Waals surface area (Å²) in [7, 11) is 0. The summed E-state index contributed by atoms with van der Waals surface area (Å²) >= 11 is 0. The van der Waals surface area contributed by atoms with Gasteiger partial charge in [-0.25, -0.2) is 15.5 Å². The highest BCUT2D eigenvalue weighted by Crippen LogP contribution is 2.18. The number of aliphatic carboxylic acids is 1. The lowest BCUT2D eigenvalue weighted by atomic mass is 9.95. The predicted octanol–water partition coefficient (Wildman–Crippen LogP) is -2.14. The van der Waals surface area contributed by atoms with Crippen molar-refractivity contribution in [2.75, 3.05) is 19.7 Å². The molecular formula is C58H87N15O15. The van der Waals surface area contributed by atoms with Crippen molar-refractivity contribution in [2.45, 2.75) is 154 Å². The summed E-state index contributed by atoms with van der Waals surface area (Å²) in [6.07, 6.45) is -1.32. The first kappa shape index (κ1) is 73.4. The maximum atomic E-state index is 14.5. The van der Waals surface area contributed by atoms with Crippen LogP contribution in [0.25, 0.3) is 0 Å². The first-order valence-electron chi connectivity index (χ1n) is 28.7.